The Hall–Kier alpha value is -1.80. The minimum atomic E-state index is -3.11. The molecule has 0 unspecified atom stereocenters. The van der Waals surface area contributed by atoms with Gasteiger partial charge in [-0.25, -0.2) is 12.7 Å². The summed E-state index contributed by atoms with van der Waals surface area (Å²) < 4.78 is 24.9. The van der Waals surface area contributed by atoms with E-state index in [0.717, 1.165) is 41.9 Å². The molecule has 2 aromatic rings. The first-order valence-corrected chi connectivity index (χ1v) is 9.54. The summed E-state index contributed by atoms with van der Waals surface area (Å²) in [5, 5.41) is 6.88. The van der Waals surface area contributed by atoms with Gasteiger partial charge in [0.25, 0.3) is 0 Å². The van der Waals surface area contributed by atoms with Crippen LogP contribution in [0.3, 0.4) is 0 Å². The maximum atomic E-state index is 11.7. The number of piperidine rings is 1. The second kappa shape index (κ2) is 6.37. The van der Waals surface area contributed by atoms with E-state index in [-0.39, 0.29) is 0 Å². The van der Waals surface area contributed by atoms with E-state index in [1.54, 1.807) is 22.9 Å². The zero-order chi connectivity index (χ0) is 16.4. The third kappa shape index (κ3) is 3.76. The van der Waals surface area contributed by atoms with Gasteiger partial charge in [0.05, 0.1) is 30.0 Å². The first-order valence-electron chi connectivity index (χ1n) is 7.70. The second-order valence-corrected chi connectivity index (χ2v) is 8.12. The molecule has 8 heteroatoms. The molecular weight excluding hydrogens is 314 g/mol. The Labute approximate surface area is 136 Å². The zero-order valence-electron chi connectivity index (χ0n) is 13.4. The molecule has 0 radical (unpaired) electrons. The lowest BCUT2D eigenvalue weighted by atomic mass is 9.95. The summed E-state index contributed by atoms with van der Waals surface area (Å²) in [6.07, 6.45) is 9.23. The highest BCUT2D eigenvalue weighted by Gasteiger charge is 2.26. The molecule has 0 aromatic carbocycles. The fourth-order valence-electron chi connectivity index (χ4n) is 3.00. The van der Waals surface area contributed by atoms with Crippen molar-refractivity contribution >= 4 is 10.0 Å². The van der Waals surface area contributed by atoms with Crippen molar-refractivity contribution in [2.75, 3.05) is 19.3 Å². The molecule has 3 heterocycles. The van der Waals surface area contributed by atoms with Crippen molar-refractivity contribution in [3.63, 3.8) is 0 Å². The highest BCUT2D eigenvalue weighted by Crippen LogP contribution is 2.23. The number of aryl methyl sites for hydroxylation is 1. The molecule has 2 aromatic heterocycles. The lowest BCUT2D eigenvalue weighted by molar-refractivity contribution is 0.265. The van der Waals surface area contributed by atoms with E-state index >= 15 is 0 Å². The maximum Gasteiger partial charge on any atom is 0.211 e. The Morgan fingerprint density at radius 1 is 1.30 bits per heavy atom. The lowest BCUT2D eigenvalue weighted by Crippen LogP contribution is -2.39. The van der Waals surface area contributed by atoms with E-state index < -0.39 is 10.0 Å². The van der Waals surface area contributed by atoms with Crippen LogP contribution in [0.4, 0.5) is 0 Å². The molecule has 0 bridgehead atoms. The Morgan fingerprint density at radius 2 is 2.13 bits per heavy atom. The third-order valence-electron chi connectivity index (χ3n) is 4.26. The minimum absolute atomic E-state index is 0.300. The Bertz CT molecular complexity index is 769. The van der Waals surface area contributed by atoms with Gasteiger partial charge in [-0.2, -0.15) is 5.10 Å². The molecule has 0 spiro atoms. The van der Waals surface area contributed by atoms with Gasteiger partial charge in [-0.15, -0.1) is 0 Å². The first kappa shape index (κ1) is 16.1. The van der Waals surface area contributed by atoms with E-state index in [1.807, 2.05) is 6.92 Å². The van der Waals surface area contributed by atoms with Crippen molar-refractivity contribution in [3.8, 4) is 11.3 Å². The largest absolute Gasteiger partial charge is 0.282 e. The van der Waals surface area contributed by atoms with Crippen molar-refractivity contribution in [1.29, 1.82) is 0 Å². The van der Waals surface area contributed by atoms with Crippen LogP contribution in [0, 0.1) is 12.8 Å². The average molecular weight is 335 g/mol. The summed E-state index contributed by atoms with van der Waals surface area (Å²) in [5.41, 5.74) is 3.60. The van der Waals surface area contributed by atoms with E-state index in [9.17, 15) is 8.42 Å². The lowest BCUT2D eigenvalue weighted by Gasteiger charge is -2.30. The molecule has 1 N–H and O–H groups in total. The molecule has 0 saturated carbocycles. The molecule has 124 valence electrons. The summed E-state index contributed by atoms with van der Waals surface area (Å²) in [7, 11) is -3.11. The fourth-order valence-corrected chi connectivity index (χ4v) is 3.94. The number of sulfonamides is 1. The van der Waals surface area contributed by atoms with Gasteiger partial charge in [0.2, 0.25) is 10.0 Å². The fraction of sp³-hybridized carbons (Fsp3) is 0.533. The zero-order valence-corrected chi connectivity index (χ0v) is 14.2. The number of nitrogens with one attached hydrogen (secondary N) is 1. The van der Waals surface area contributed by atoms with E-state index in [2.05, 4.69) is 20.2 Å². The van der Waals surface area contributed by atoms with Gasteiger partial charge in [-0.05, 0) is 32.1 Å². The van der Waals surface area contributed by atoms with Crippen molar-refractivity contribution in [2.45, 2.75) is 26.2 Å². The summed E-state index contributed by atoms with van der Waals surface area (Å²) >= 11 is 0. The molecule has 1 atom stereocenters. The molecule has 0 amide bonds. The molecular formula is C15H21N5O2S. The molecule has 3 rings (SSSR count). The quantitative estimate of drug-likeness (QED) is 0.911. The smallest absolute Gasteiger partial charge is 0.211 e. The predicted octanol–water partition coefficient (Wildman–Crippen LogP) is 1.39. The maximum absolute atomic E-state index is 11.7. The molecule has 23 heavy (non-hydrogen) atoms. The van der Waals surface area contributed by atoms with Gasteiger partial charge in [0, 0.05) is 30.5 Å². The van der Waals surface area contributed by atoms with E-state index in [0.29, 0.717) is 19.0 Å². The number of H-pyrrole nitrogens is 1. The molecule has 1 fully saturated rings. The SMILES string of the molecule is Cc1[nH]ncc1-c1cnc(C[C@H]2CCCN(S(C)(=O)=O)C2)cn1. The third-order valence-corrected chi connectivity index (χ3v) is 5.53. The number of rotatable bonds is 4. The van der Waals surface area contributed by atoms with Crippen molar-refractivity contribution in [2.24, 2.45) is 5.92 Å². The van der Waals surface area contributed by atoms with Gasteiger partial charge in [0.1, 0.15) is 0 Å². The van der Waals surface area contributed by atoms with Crippen LogP contribution in [0.5, 0.6) is 0 Å². The van der Waals surface area contributed by atoms with E-state index in [1.165, 1.54) is 6.26 Å². The van der Waals surface area contributed by atoms with Crippen LogP contribution in [-0.2, 0) is 16.4 Å². The van der Waals surface area contributed by atoms with Gasteiger partial charge >= 0.3 is 0 Å². The van der Waals surface area contributed by atoms with Crippen LogP contribution >= 0.6 is 0 Å². The summed E-state index contributed by atoms with van der Waals surface area (Å²) in [5.74, 6) is 0.300. The predicted molar refractivity (Wildman–Crippen MR) is 87.2 cm³/mol. The topological polar surface area (TPSA) is 91.8 Å². The number of hydrogen-bond donors (Lipinski definition) is 1. The van der Waals surface area contributed by atoms with Gasteiger partial charge in [-0.1, -0.05) is 0 Å². The van der Waals surface area contributed by atoms with E-state index in [4.69, 9.17) is 0 Å². The van der Waals surface area contributed by atoms with Crippen LogP contribution in [0.1, 0.15) is 24.2 Å². The van der Waals surface area contributed by atoms with Crippen molar-refractivity contribution in [1.82, 2.24) is 24.5 Å². The number of hydrogen-bond acceptors (Lipinski definition) is 5. The van der Waals surface area contributed by atoms with Crippen LogP contribution in [0.25, 0.3) is 11.3 Å². The van der Waals surface area contributed by atoms with Gasteiger partial charge < -0.3 is 0 Å². The number of aromatic nitrogens is 4. The summed E-state index contributed by atoms with van der Waals surface area (Å²) in [4.78, 5) is 8.95. The van der Waals surface area contributed by atoms with Gasteiger partial charge in [0.15, 0.2) is 0 Å². The average Bonchev–Trinajstić information content (AvgIpc) is 2.94. The molecule has 1 aliphatic heterocycles. The summed E-state index contributed by atoms with van der Waals surface area (Å²) in [6.45, 7) is 3.14. The van der Waals surface area contributed by atoms with Crippen LogP contribution < -0.4 is 0 Å². The molecule has 0 aliphatic carbocycles. The summed E-state index contributed by atoms with van der Waals surface area (Å²) in [6, 6.07) is 0. The number of nitrogens with zero attached hydrogens (tertiary/aromatic N) is 4. The van der Waals surface area contributed by atoms with Crippen LogP contribution in [0.2, 0.25) is 0 Å². The van der Waals surface area contributed by atoms with Crippen LogP contribution in [-0.4, -0.2) is 52.2 Å². The first-order chi connectivity index (χ1) is 10.9. The number of aromatic amines is 1. The monoisotopic (exact) mass is 335 g/mol. The minimum Gasteiger partial charge on any atom is -0.282 e. The standard InChI is InChI=1S/C15H21N5O2S/c1-11-14(8-18-19-11)15-9-16-13(7-17-15)6-12-4-3-5-20(10-12)23(2,21)22/h7-9,12H,3-6,10H2,1-2H3,(H,18,19)/t12-/m1/s1. The highest BCUT2D eigenvalue weighted by atomic mass is 32.2. The molecule has 1 aliphatic rings. The normalized spacial score (nSPS) is 19.8. The Balaban J connectivity index is 1.68. The molecule has 7 nitrogen and oxygen atoms in total. The van der Waals surface area contributed by atoms with Gasteiger partial charge in [-0.3, -0.25) is 15.1 Å². The van der Waals surface area contributed by atoms with Crippen LogP contribution in [0.15, 0.2) is 18.6 Å². The van der Waals surface area contributed by atoms with Crippen molar-refractivity contribution in [3.05, 3.63) is 30.0 Å². The highest BCUT2D eigenvalue weighted by molar-refractivity contribution is 7.88. The Morgan fingerprint density at radius 3 is 2.74 bits per heavy atom. The molecule has 1 saturated heterocycles. The van der Waals surface area contributed by atoms with Crippen molar-refractivity contribution < 1.29 is 8.42 Å². The second-order valence-electron chi connectivity index (χ2n) is 6.14. The Kier molecular flexibility index (Phi) is 4.45.